The summed E-state index contributed by atoms with van der Waals surface area (Å²) in [5, 5.41) is 0. The molecule has 112 valence electrons. The van der Waals surface area contributed by atoms with E-state index in [-0.39, 0.29) is 6.54 Å². The Hall–Kier alpha value is -1.15. The zero-order chi connectivity index (χ0) is 14.6. The van der Waals surface area contributed by atoms with Crippen molar-refractivity contribution in [1.29, 1.82) is 0 Å². The number of anilines is 1. The van der Waals surface area contributed by atoms with Gasteiger partial charge in [0.1, 0.15) is 0 Å². The number of nitrogens with one attached hydrogen (secondary N) is 1. The van der Waals surface area contributed by atoms with Crippen molar-refractivity contribution in [1.82, 2.24) is 9.03 Å². The van der Waals surface area contributed by atoms with Gasteiger partial charge in [-0.25, -0.2) is 0 Å². The van der Waals surface area contributed by atoms with Crippen molar-refractivity contribution in [3.05, 3.63) is 29.8 Å². The van der Waals surface area contributed by atoms with Gasteiger partial charge in [0.25, 0.3) is 10.2 Å². The van der Waals surface area contributed by atoms with E-state index in [9.17, 15) is 8.42 Å². The van der Waals surface area contributed by atoms with Gasteiger partial charge in [-0.15, -0.1) is 0 Å². The highest BCUT2D eigenvalue weighted by Gasteiger charge is 2.17. The SMILES string of the molecule is CN(C)S(=O)(=O)NCc1ccccc1N1CCOCC1. The molecular weight excluding hydrogens is 278 g/mol. The van der Waals surface area contributed by atoms with Crippen molar-refractivity contribution in [2.45, 2.75) is 6.54 Å². The van der Waals surface area contributed by atoms with Crippen molar-refractivity contribution in [3.63, 3.8) is 0 Å². The lowest BCUT2D eigenvalue weighted by molar-refractivity contribution is 0.122. The lowest BCUT2D eigenvalue weighted by atomic mass is 10.1. The molecule has 1 saturated heterocycles. The molecule has 7 heteroatoms. The molecule has 0 atom stereocenters. The van der Waals surface area contributed by atoms with Gasteiger partial charge in [-0.1, -0.05) is 18.2 Å². The smallest absolute Gasteiger partial charge is 0.279 e. The zero-order valence-electron chi connectivity index (χ0n) is 11.9. The minimum absolute atomic E-state index is 0.286. The maximum Gasteiger partial charge on any atom is 0.279 e. The third kappa shape index (κ3) is 3.69. The van der Waals surface area contributed by atoms with Gasteiger partial charge in [-0.3, -0.25) is 0 Å². The minimum Gasteiger partial charge on any atom is -0.378 e. The molecule has 1 N–H and O–H groups in total. The van der Waals surface area contributed by atoms with Crippen LogP contribution in [0, 0.1) is 0 Å². The monoisotopic (exact) mass is 299 g/mol. The number of hydrogen-bond acceptors (Lipinski definition) is 4. The zero-order valence-corrected chi connectivity index (χ0v) is 12.7. The van der Waals surface area contributed by atoms with Gasteiger partial charge in [0.15, 0.2) is 0 Å². The maximum absolute atomic E-state index is 11.8. The van der Waals surface area contributed by atoms with E-state index in [0.717, 1.165) is 24.3 Å². The average Bonchev–Trinajstić information content (AvgIpc) is 2.46. The summed E-state index contributed by atoms with van der Waals surface area (Å²) in [6.07, 6.45) is 0. The van der Waals surface area contributed by atoms with E-state index < -0.39 is 10.2 Å². The number of rotatable bonds is 5. The molecule has 1 aromatic carbocycles. The van der Waals surface area contributed by atoms with Crippen LogP contribution in [0.4, 0.5) is 5.69 Å². The van der Waals surface area contributed by atoms with Crippen molar-refractivity contribution >= 4 is 15.9 Å². The largest absolute Gasteiger partial charge is 0.378 e. The van der Waals surface area contributed by atoms with E-state index in [1.807, 2.05) is 24.3 Å². The van der Waals surface area contributed by atoms with Crippen LogP contribution in [0.3, 0.4) is 0 Å². The molecule has 0 amide bonds. The fourth-order valence-electron chi connectivity index (χ4n) is 2.07. The Morgan fingerprint density at radius 1 is 1.25 bits per heavy atom. The molecule has 20 heavy (non-hydrogen) atoms. The van der Waals surface area contributed by atoms with Gasteiger partial charge >= 0.3 is 0 Å². The number of hydrogen-bond donors (Lipinski definition) is 1. The number of nitrogens with zero attached hydrogens (tertiary/aromatic N) is 2. The van der Waals surface area contributed by atoms with Crippen LogP contribution < -0.4 is 9.62 Å². The molecule has 1 aromatic rings. The van der Waals surface area contributed by atoms with Crippen LogP contribution in [0.2, 0.25) is 0 Å². The normalized spacial score (nSPS) is 16.6. The Morgan fingerprint density at radius 2 is 1.90 bits per heavy atom. The summed E-state index contributed by atoms with van der Waals surface area (Å²) in [7, 11) is -0.383. The predicted molar refractivity (Wildman–Crippen MR) is 78.9 cm³/mol. The van der Waals surface area contributed by atoms with Gasteiger partial charge in [-0.05, 0) is 11.6 Å². The summed E-state index contributed by atoms with van der Waals surface area (Å²) < 4.78 is 32.7. The van der Waals surface area contributed by atoms with E-state index in [0.29, 0.717) is 13.2 Å². The van der Waals surface area contributed by atoms with Gasteiger partial charge in [0, 0.05) is 39.4 Å². The first-order valence-electron chi connectivity index (χ1n) is 6.58. The Labute approximate surface area is 120 Å². The summed E-state index contributed by atoms with van der Waals surface area (Å²) in [6, 6.07) is 7.85. The lowest BCUT2D eigenvalue weighted by Gasteiger charge is -2.30. The maximum atomic E-state index is 11.8. The van der Waals surface area contributed by atoms with Crippen molar-refractivity contribution in [2.75, 3.05) is 45.3 Å². The topological polar surface area (TPSA) is 61.9 Å². The second kappa shape index (κ2) is 6.53. The molecule has 1 aliphatic rings. The first-order chi connectivity index (χ1) is 9.50. The summed E-state index contributed by atoms with van der Waals surface area (Å²) in [5.74, 6) is 0. The molecule has 1 heterocycles. The Bertz CT molecular complexity index is 540. The highest BCUT2D eigenvalue weighted by atomic mass is 32.2. The Morgan fingerprint density at radius 3 is 2.55 bits per heavy atom. The van der Waals surface area contributed by atoms with Gasteiger partial charge in [-0.2, -0.15) is 17.4 Å². The van der Waals surface area contributed by atoms with Crippen LogP contribution in [-0.2, 0) is 21.5 Å². The fourth-order valence-corrected chi connectivity index (χ4v) is 2.67. The van der Waals surface area contributed by atoms with Crippen LogP contribution in [-0.4, -0.2) is 53.1 Å². The molecule has 0 aromatic heterocycles. The number of morpholine rings is 1. The molecule has 6 nitrogen and oxygen atoms in total. The molecular formula is C13H21N3O3S. The third-order valence-corrected chi connectivity index (χ3v) is 4.74. The highest BCUT2D eigenvalue weighted by Crippen LogP contribution is 2.21. The summed E-state index contributed by atoms with van der Waals surface area (Å²) in [6.45, 7) is 3.36. The highest BCUT2D eigenvalue weighted by molar-refractivity contribution is 7.87. The van der Waals surface area contributed by atoms with E-state index in [1.165, 1.54) is 18.4 Å². The van der Waals surface area contributed by atoms with Gasteiger partial charge in [0.2, 0.25) is 0 Å². The van der Waals surface area contributed by atoms with Crippen molar-refractivity contribution < 1.29 is 13.2 Å². The molecule has 0 unspecified atom stereocenters. The molecule has 0 spiro atoms. The molecule has 0 radical (unpaired) electrons. The lowest BCUT2D eigenvalue weighted by Crippen LogP contribution is -2.38. The molecule has 0 aliphatic carbocycles. The van der Waals surface area contributed by atoms with E-state index in [4.69, 9.17) is 4.74 Å². The van der Waals surface area contributed by atoms with Crippen LogP contribution >= 0.6 is 0 Å². The molecule has 0 bridgehead atoms. The first-order valence-corrected chi connectivity index (χ1v) is 8.02. The molecule has 1 aliphatic heterocycles. The van der Waals surface area contributed by atoms with E-state index in [2.05, 4.69) is 9.62 Å². The Balaban J connectivity index is 2.12. The second-order valence-corrected chi connectivity index (χ2v) is 6.81. The molecule has 2 rings (SSSR count). The quantitative estimate of drug-likeness (QED) is 0.856. The summed E-state index contributed by atoms with van der Waals surface area (Å²) in [5.41, 5.74) is 2.04. The van der Waals surface area contributed by atoms with Crippen LogP contribution in [0.1, 0.15) is 5.56 Å². The number of para-hydroxylation sites is 1. The van der Waals surface area contributed by atoms with Crippen LogP contribution in [0.15, 0.2) is 24.3 Å². The Kier molecular flexibility index (Phi) is 4.98. The van der Waals surface area contributed by atoms with Crippen molar-refractivity contribution in [2.24, 2.45) is 0 Å². The van der Waals surface area contributed by atoms with Gasteiger partial charge in [0.05, 0.1) is 13.2 Å². The van der Waals surface area contributed by atoms with E-state index in [1.54, 1.807) is 0 Å². The molecule has 0 saturated carbocycles. The number of ether oxygens (including phenoxy) is 1. The first kappa shape index (κ1) is 15.2. The predicted octanol–water partition coefficient (Wildman–Crippen LogP) is 0.419. The minimum atomic E-state index is -3.40. The average molecular weight is 299 g/mol. The fraction of sp³-hybridized carbons (Fsp3) is 0.538. The van der Waals surface area contributed by atoms with Crippen LogP contribution in [0.5, 0.6) is 0 Å². The van der Waals surface area contributed by atoms with E-state index >= 15 is 0 Å². The summed E-state index contributed by atoms with van der Waals surface area (Å²) in [4.78, 5) is 2.22. The second-order valence-electron chi connectivity index (χ2n) is 4.84. The molecule has 1 fully saturated rings. The standard InChI is InChI=1S/C13H21N3O3S/c1-15(2)20(17,18)14-11-12-5-3-4-6-13(12)16-7-9-19-10-8-16/h3-6,14H,7-11H2,1-2H3. The number of benzene rings is 1. The summed E-state index contributed by atoms with van der Waals surface area (Å²) >= 11 is 0. The van der Waals surface area contributed by atoms with Crippen LogP contribution in [0.25, 0.3) is 0 Å². The van der Waals surface area contributed by atoms with Gasteiger partial charge < -0.3 is 9.64 Å². The van der Waals surface area contributed by atoms with Crippen molar-refractivity contribution in [3.8, 4) is 0 Å². The third-order valence-electron chi connectivity index (χ3n) is 3.27.